The van der Waals surface area contributed by atoms with E-state index in [0.29, 0.717) is 58.0 Å². The Morgan fingerprint density at radius 2 is 1.97 bits per heavy atom. The second-order valence-electron chi connectivity index (χ2n) is 8.26. The number of benzene rings is 1. The third-order valence-electron chi connectivity index (χ3n) is 5.43. The van der Waals surface area contributed by atoms with Gasteiger partial charge in [0, 0.05) is 12.2 Å². The van der Waals surface area contributed by atoms with Crippen LogP contribution in [0.15, 0.2) is 47.1 Å². The molecule has 174 valence electrons. The maximum atomic E-state index is 13.2. The summed E-state index contributed by atoms with van der Waals surface area (Å²) < 4.78 is 13.7. The summed E-state index contributed by atoms with van der Waals surface area (Å²) in [5.41, 5.74) is 7.72. The highest BCUT2D eigenvalue weighted by Crippen LogP contribution is 2.28. The molecule has 34 heavy (non-hydrogen) atoms. The summed E-state index contributed by atoms with van der Waals surface area (Å²) in [6.45, 7) is 4.88. The van der Waals surface area contributed by atoms with Crippen LogP contribution in [-0.2, 0) is 6.54 Å². The number of carbonyl (C=O) groups excluding carboxylic acids is 1. The number of nitrogen functional groups attached to an aromatic ring is 1. The first-order valence-electron chi connectivity index (χ1n) is 10.9. The van der Waals surface area contributed by atoms with Gasteiger partial charge in [-0.05, 0) is 48.7 Å². The highest BCUT2D eigenvalue weighted by atomic mass is 16.5. The number of methoxy groups -OCH3 is 1. The molecule has 11 heteroatoms. The summed E-state index contributed by atoms with van der Waals surface area (Å²) in [5.74, 6) is 1.91. The smallest absolute Gasteiger partial charge is 0.293 e. The molecule has 0 atom stereocenters. The third-order valence-corrected chi connectivity index (χ3v) is 5.43. The number of fused-ring (bicyclic) bond motifs is 3. The molecule has 0 unspecified atom stereocenters. The van der Waals surface area contributed by atoms with E-state index in [1.165, 1.54) is 10.8 Å². The maximum absolute atomic E-state index is 13.2. The van der Waals surface area contributed by atoms with E-state index in [4.69, 9.17) is 14.9 Å². The third kappa shape index (κ3) is 3.81. The number of carbonyl (C=O) groups is 1. The molecule has 3 N–H and O–H groups in total. The van der Waals surface area contributed by atoms with Gasteiger partial charge in [-0.3, -0.25) is 4.79 Å². The van der Waals surface area contributed by atoms with Crippen LogP contribution in [0.3, 0.4) is 0 Å². The zero-order valence-corrected chi connectivity index (χ0v) is 19.0. The molecule has 5 aromatic rings. The van der Waals surface area contributed by atoms with Crippen LogP contribution in [0.25, 0.3) is 28.3 Å². The SMILES string of the molecule is COc1ccc(NC(=O)c2nc3nn(CCC(C)C)c(N)c3c3nc(-c4ccco4)nn23)cc1. The van der Waals surface area contributed by atoms with Crippen LogP contribution < -0.4 is 15.8 Å². The number of nitrogens with zero attached hydrogens (tertiary/aromatic N) is 6. The molecule has 4 heterocycles. The van der Waals surface area contributed by atoms with E-state index < -0.39 is 5.91 Å². The quantitative estimate of drug-likeness (QED) is 0.375. The van der Waals surface area contributed by atoms with E-state index in [9.17, 15) is 4.79 Å². The lowest BCUT2D eigenvalue weighted by molar-refractivity contribution is 0.101. The van der Waals surface area contributed by atoms with Crippen LogP contribution in [0.1, 0.15) is 30.9 Å². The number of nitrogens with two attached hydrogens (primary N) is 1. The highest BCUT2D eigenvalue weighted by Gasteiger charge is 2.24. The van der Waals surface area contributed by atoms with Gasteiger partial charge in [-0.2, -0.15) is 9.61 Å². The van der Waals surface area contributed by atoms with Crippen molar-refractivity contribution in [1.29, 1.82) is 0 Å². The molecule has 4 aromatic heterocycles. The molecule has 1 aromatic carbocycles. The summed E-state index contributed by atoms with van der Waals surface area (Å²) in [6, 6.07) is 10.5. The lowest BCUT2D eigenvalue weighted by Crippen LogP contribution is -2.19. The Kier molecular flexibility index (Phi) is 5.36. The molecule has 0 saturated heterocycles. The molecule has 0 aliphatic heterocycles. The van der Waals surface area contributed by atoms with Crippen molar-refractivity contribution in [2.45, 2.75) is 26.8 Å². The summed E-state index contributed by atoms with van der Waals surface area (Å²) in [5, 5.41) is 12.4. The number of nitrogens with one attached hydrogen (secondary N) is 1. The molecule has 0 fully saturated rings. The minimum atomic E-state index is -0.469. The van der Waals surface area contributed by atoms with Gasteiger partial charge < -0.3 is 20.2 Å². The molecule has 0 spiro atoms. The van der Waals surface area contributed by atoms with Gasteiger partial charge >= 0.3 is 0 Å². The highest BCUT2D eigenvalue weighted by molar-refractivity contribution is 6.06. The Hall–Kier alpha value is -4.41. The Bertz CT molecular complexity index is 1470. The number of hydrogen-bond donors (Lipinski definition) is 2. The number of aryl methyl sites for hydroxylation is 1. The predicted octanol–water partition coefficient (Wildman–Crippen LogP) is 3.62. The molecular formula is C23H24N8O3. The molecule has 0 aliphatic carbocycles. The second kappa shape index (κ2) is 8.50. The van der Waals surface area contributed by atoms with Gasteiger partial charge in [0.15, 0.2) is 17.1 Å². The Balaban J connectivity index is 1.63. The number of rotatable bonds is 7. The fourth-order valence-electron chi connectivity index (χ4n) is 3.59. The fraction of sp³-hybridized carbons (Fsp3) is 0.261. The van der Waals surface area contributed by atoms with Crippen molar-refractivity contribution >= 4 is 34.1 Å². The van der Waals surface area contributed by atoms with Crippen LogP contribution in [0, 0.1) is 5.92 Å². The number of aromatic nitrogens is 6. The first-order chi connectivity index (χ1) is 16.4. The topological polar surface area (TPSA) is 138 Å². The first kappa shape index (κ1) is 21.4. The largest absolute Gasteiger partial charge is 0.497 e. The summed E-state index contributed by atoms with van der Waals surface area (Å²) in [7, 11) is 1.58. The van der Waals surface area contributed by atoms with Crippen LogP contribution in [0.2, 0.25) is 0 Å². The Morgan fingerprint density at radius 3 is 2.65 bits per heavy atom. The molecule has 0 saturated carbocycles. The van der Waals surface area contributed by atoms with Gasteiger partial charge in [0.2, 0.25) is 11.6 Å². The van der Waals surface area contributed by atoms with Crippen LogP contribution in [0.5, 0.6) is 5.75 Å². The normalized spacial score (nSPS) is 11.5. The van der Waals surface area contributed by atoms with Crippen LogP contribution in [-0.4, -0.2) is 42.4 Å². The van der Waals surface area contributed by atoms with Gasteiger partial charge in [-0.25, -0.2) is 14.6 Å². The summed E-state index contributed by atoms with van der Waals surface area (Å²) >= 11 is 0. The molecule has 0 aliphatic rings. The van der Waals surface area contributed by atoms with Gasteiger partial charge in [0.1, 0.15) is 17.0 Å². The number of ether oxygens (including phenoxy) is 1. The minimum Gasteiger partial charge on any atom is -0.497 e. The lowest BCUT2D eigenvalue weighted by atomic mass is 10.1. The van der Waals surface area contributed by atoms with E-state index in [-0.39, 0.29) is 5.82 Å². The second-order valence-corrected chi connectivity index (χ2v) is 8.26. The number of furan rings is 1. The zero-order valence-electron chi connectivity index (χ0n) is 19.0. The molecule has 0 radical (unpaired) electrons. The lowest BCUT2D eigenvalue weighted by Gasteiger charge is -2.07. The Labute approximate surface area is 194 Å². The number of amides is 1. The van der Waals surface area contributed by atoms with Gasteiger partial charge in [0.25, 0.3) is 5.91 Å². The average molecular weight is 460 g/mol. The zero-order chi connectivity index (χ0) is 23.8. The first-order valence-corrected chi connectivity index (χ1v) is 10.9. The van der Waals surface area contributed by atoms with E-state index in [1.807, 2.05) is 0 Å². The van der Waals surface area contributed by atoms with E-state index in [2.05, 4.69) is 39.3 Å². The maximum Gasteiger partial charge on any atom is 0.293 e. The number of hydrogen-bond acceptors (Lipinski definition) is 8. The number of anilines is 2. The van der Waals surface area contributed by atoms with Gasteiger partial charge in [-0.1, -0.05) is 13.8 Å². The van der Waals surface area contributed by atoms with Crippen LogP contribution in [0.4, 0.5) is 11.5 Å². The standard InChI is InChI=1S/C23H24N8O3/c1-13(2)10-11-30-18(24)17-20(28-30)27-22(23(32)25-14-6-8-15(33-3)9-7-14)31-21(17)26-19(29-31)16-5-4-12-34-16/h4-9,12-13H,10-11,24H2,1-3H3,(H,25,32). The molecule has 1 amide bonds. The van der Waals surface area contributed by atoms with E-state index >= 15 is 0 Å². The predicted molar refractivity (Wildman–Crippen MR) is 127 cm³/mol. The minimum absolute atomic E-state index is 0.0251. The van der Waals surface area contributed by atoms with E-state index in [0.717, 1.165) is 6.42 Å². The molecule has 0 bridgehead atoms. The summed E-state index contributed by atoms with van der Waals surface area (Å²) in [4.78, 5) is 22.4. The van der Waals surface area contributed by atoms with E-state index in [1.54, 1.807) is 48.2 Å². The fourth-order valence-corrected chi connectivity index (χ4v) is 3.59. The molecule has 11 nitrogen and oxygen atoms in total. The monoisotopic (exact) mass is 460 g/mol. The van der Waals surface area contributed by atoms with Crippen molar-refractivity contribution in [2.24, 2.45) is 5.92 Å². The van der Waals surface area contributed by atoms with Crippen molar-refractivity contribution in [1.82, 2.24) is 29.4 Å². The average Bonchev–Trinajstić information content (AvgIpc) is 3.56. The van der Waals surface area contributed by atoms with Crippen molar-refractivity contribution in [3.63, 3.8) is 0 Å². The van der Waals surface area contributed by atoms with Crippen molar-refractivity contribution in [3.8, 4) is 17.3 Å². The molecular weight excluding hydrogens is 436 g/mol. The van der Waals surface area contributed by atoms with Gasteiger partial charge in [-0.15, -0.1) is 5.10 Å². The van der Waals surface area contributed by atoms with Crippen LogP contribution >= 0.6 is 0 Å². The van der Waals surface area contributed by atoms with Gasteiger partial charge in [0.05, 0.1) is 13.4 Å². The van der Waals surface area contributed by atoms with Crippen molar-refractivity contribution in [2.75, 3.05) is 18.2 Å². The summed E-state index contributed by atoms with van der Waals surface area (Å²) in [6.07, 6.45) is 2.42. The Morgan fingerprint density at radius 1 is 1.18 bits per heavy atom. The van der Waals surface area contributed by atoms with Crippen molar-refractivity contribution in [3.05, 3.63) is 48.5 Å². The molecule has 5 rings (SSSR count). The van der Waals surface area contributed by atoms with Crippen molar-refractivity contribution < 1.29 is 13.9 Å².